The van der Waals surface area contributed by atoms with Gasteiger partial charge in [-0.2, -0.15) is 0 Å². The molecule has 6 aliphatic rings. The van der Waals surface area contributed by atoms with Crippen molar-refractivity contribution in [1.29, 1.82) is 0 Å². The minimum atomic E-state index is -0.680. The van der Waals surface area contributed by atoms with Gasteiger partial charge in [-0.3, -0.25) is 19.0 Å². The van der Waals surface area contributed by atoms with Crippen LogP contribution in [-0.2, 0) is 23.6 Å². The van der Waals surface area contributed by atoms with Crippen LogP contribution < -0.4 is 0 Å². The summed E-state index contributed by atoms with van der Waals surface area (Å²) in [5.74, 6) is 0. The highest BCUT2D eigenvalue weighted by Gasteiger charge is 2.52. The van der Waals surface area contributed by atoms with Gasteiger partial charge in [-0.05, 0) is 0 Å². The molecule has 6 saturated heterocycles. The van der Waals surface area contributed by atoms with E-state index in [1.165, 1.54) is 10.5 Å². The van der Waals surface area contributed by atoms with Crippen LogP contribution in [0, 0.1) is 0 Å². The summed E-state index contributed by atoms with van der Waals surface area (Å²) in [5.41, 5.74) is 0. The zero-order valence-electron chi connectivity index (χ0n) is 5.50. The maximum absolute atomic E-state index is 4.96. The van der Waals surface area contributed by atoms with Gasteiger partial charge in [0.2, 0.25) is 0 Å². The number of hydrogen-bond acceptors (Lipinski definition) is 7. The highest BCUT2D eigenvalue weighted by Crippen LogP contribution is 2.21. The first-order valence-electron chi connectivity index (χ1n) is 3.28. The van der Waals surface area contributed by atoms with E-state index in [-0.39, 0.29) is 0 Å². The highest BCUT2D eigenvalue weighted by atomic mass is 17.1. The standard InChI is InChI=1S/C2H4B2N2O5/c1-2-6-10-4(11-6)7-3-8-5(1)9-3/h1-2H2. The Kier molecular flexibility index (Phi) is 1.26. The third kappa shape index (κ3) is 0.983. The first-order chi connectivity index (χ1) is 5.40. The topological polar surface area (TPSA) is 52.6 Å². The largest absolute Gasteiger partial charge is 0.666 e. The lowest BCUT2D eigenvalue weighted by molar-refractivity contribution is -0.381. The molecule has 0 spiro atoms. The molecule has 6 heterocycles. The summed E-state index contributed by atoms with van der Waals surface area (Å²) in [6.45, 7) is 1.12. The van der Waals surface area contributed by atoms with E-state index in [0.29, 0.717) is 13.1 Å². The first kappa shape index (κ1) is 6.38. The summed E-state index contributed by atoms with van der Waals surface area (Å²) in [6, 6.07) is 0. The Morgan fingerprint density at radius 2 is 1.27 bits per heavy atom. The summed E-state index contributed by atoms with van der Waals surface area (Å²) in [6.07, 6.45) is 0. The minimum Gasteiger partial charge on any atom is -0.395 e. The van der Waals surface area contributed by atoms with Gasteiger partial charge in [-0.15, -0.1) is 0 Å². The van der Waals surface area contributed by atoms with Crippen molar-refractivity contribution in [3.05, 3.63) is 0 Å². The van der Waals surface area contributed by atoms with Gasteiger partial charge < -0.3 is 4.57 Å². The molecule has 6 fully saturated rings. The van der Waals surface area contributed by atoms with Crippen molar-refractivity contribution in [3.63, 3.8) is 0 Å². The van der Waals surface area contributed by atoms with Gasteiger partial charge in [-0.25, -0.2) is 0 Å². The maximum atomic E-state index is 4.96. The Labute approximate surface area is 62.8 Å². The molecule has 0 saturated carbocycles. The molecule has 11 heavy (non-hydrogen) atoms. The van der Waals surface area contributed by atoms with Crippen molar-refractivity contribution in [1.82, 2.24) is 10.5 Å². The van der Waals surface area contributed by atoms with Crippen molar-refractivity contribution in [3.8, 4) is 0 Å². The fraction of sp³-hybridized carbons (Fsp3) is 1.00. The van der Waals surface area contributed by atoms with Crippen LogP contribution in [0.1, 0.15) is 0 Å². The van der Waals surface area contributed by atoms with E-state index in [2.05, 4.69) is 0 Å². The molecule has 0 aliphatic carbocycles. The van der Waals surface area contributed by atoms with Crippen molar-refractivity contribution in [2.24, 2.45) is 0 Å². The van der Waals surface area contributed by atoms with Crippen LogP contribution in [0.15, 0.2) is 0 Å². The van der Waals surface area contributed by atoms with Gasteiger partial charge >= 0.3 is 14.6 Å². The first-order valence-corrected chi connectivity index (χ1v) is 3.28. The van der Waals surface area contributed by atoms with E-state index >= 15 is 0 Å². The molecule has 6 rings (SSSR count). The average molecular weight is 158 g/mol. The van der Waals surface area contributed by atoms with Crippen molar-refractivity contribution in [2.45, 2.75) is 0 Å². The summed E-state index contributed by atoms with van der Waals surface area (Å²) in [7, 11) is -1.36. The monoisotopic (exact) mass is 158 g/mol. The lowest BCUT2D eigenvalue weighted by atomic mass is 10.1. The number of hydroxylamine groups is 4. The molecule has 0 amide bonds. The highest BCUT2D eigenvalue weighted by molar-refractivity contribution is 6.53. The molecule has 0 unspecified atom stereocenters. The lowest BCUT2D eigenvalue weighted by Crippen LogP contribution is -2.56. The molecule has 58 valence electrons. The number of hydrogen-bond donors (Lipinski definition) is 0. The van der Waals surface area contributed by atoms with Crippen LogP contribution in [0.2, 0.25) is 0 Å². The molecule has 0 atom stereocenters. The van der Waals surface area contributed by atoms with Crippen LogP contribution in [-0.4, -0.2) is 38.2 Å². The Morgan fingerprint density at radius 3 is 1.73 bits per heavy atom. The van der Waals surface area contributed by atoms with Gasteiger partial charge in [0.25, 0.3) is 0 Å². The van der Waals surface area contributed by atoms with Crippen LogP contribution in [0.4, 0.5) is 0 Å². The Hall–Kier alpha value is -0.150. The summed E-state index contributed by atoms with van der Waals surface area (Å²) >= 11 is 0. The minimum absolute atomic E-state index is 0.562. The Balaban J connectivity index is 1.69. The fourth-order valence-corrected chi connectivity index (χ4v) is 0.964. The number of nitrogens with zero attached hydrogens (tertiary/aromatic N) is 2. The van der Waals surface area contributed by atoms with Crippen LogP contribution in [0.5, 0.6) is 0 Å². The summed E-state index contributed by atoms with van der Waals surface area (Å²) < 4.78 is 24.8. The van der Waals surface area contributed by atoms with E-state index in [1.807, 2.05) is 0 Å². The zero-order chi connectivity index (χ0) is 7.26. The van der Waals surface area contributed by atoms with Gasteiger partial charge in [0.05, 0.1) is 13.1 Å². The molecular weight excluding hydrogens is 154 g/mol. The molecule has 0 aromatic carbocycles. The lowest BCUT2D eigenvalue weighted by Gasteiger charge is -2.32. The van der Waals surface area contributed by atoms with Gasteiger partial charge in [-0.1, -0.05) is 10.5 Å². The number of rotatable bonds is 0. The average Bonchev–Trinajstić information content (AvgIpc) is 1.97. The van der Waals surface area contributed by atoms with E-state index in [1.54, 1.807) is 0 Å². The normalized spacial score (nSPS) is 41.5. The molecule has 7 nitrogen and oxygen atoms in total. The summed E-state index contributed by atoms with van der Waals surface area (Å²) in [4.78, 5) is 0. The second-order valence-electron chi connectivity index (χ2n) is 2.25. The SMILES string of the molecule is C1CN2OB(OB3ON1O3)O2. The Bertz CT molecular complexity index is 152. The second-order valence-corrected chi connectivity index (χ2v) is 2.25. The smallest absolute Gasteiger partial charge is 0.395 e. The van der Waals surface area contributed by atoms with E-state index in [9.17, 15) is 0 Å². The predicted molar refractivity (Wildman–Crippen MR) is 30.3 cm³/mol. The van der Waals surface area contributed by atoms with Gasteiger partial charge in [0.15, 0.2) is 0 Å². The predicted octanol–water partition coefficient (Wildman–Crippen LogP) is -1.66. The van der Waals surface area contributed by atoms with Crippen molar-refractivity contribution >= 4 is 14.6 Å². The van der Waals surface area contributed by atoms with Crippen LogP contribution >= 0.6 is 0 Å². The molecular formula is C2H4B2N2O5. The molecule has 9 heteroatoms. The van der Waals surface area contributed by atoms with Gasteiger partial charge in [0.1, 0.15) is 0 Å². The molecule has 4 bridgehead atoms. The maximum Gasteiger partial charge on any atom is 0.666 e. The third-order valence-electron chi connectivity index (χ3n) is 1.50. The summed E-state index contributed by atoms with van der Waals surface area (Å²) in [5, 5.41) is 2.64. The van der Waals surface area contributed by atoms with Crippen molar-refractivity contribution < 1.29 is 23.6 Å². The molecule has 0 aromatic rings. The molecule has 0 radical (unpaired) electrons. The van der Waals surface area contributed by atoms with Crippen LogP contribution in [0.3, 0.4) is 0 Å². The molecule has 6 aliphatic heterocycles. The van der Waals surface area contributed by atoms with E-state index in [0.717, 1.165) is 0 Å². The van der Waals surface area contributed by atoms with E-state index in [4.69, 9.17) is 23.6 Å². The Morgan fingerprint density at radius 1 is 0.818 bits per heavy atom. The zero-order valence-corrected chi connectivity index (χ0v) is 5.50. The molecule has 0 N–H and O–H groups in total. The van der Waals surface area contributed by atoms with Crippen LogP contribution in [0.25, 0.3) is 0 Å². The quantitative estimate of drug-likeness (QED) is 0.391. The second kappa shape index (κ2) is 2.17. The third-order valence-corrected chi connectivity index (χ3v) is 1.50. The van der Waals surface area contributed by atoms with Crippen molar-refractivity contribution in [2.75, 3.05) is 13.1 Å². The fourth-order valence-electron chi connectivity index (χ4n) is 0.964. The van der Waals surface area contributed by atoms with Gasteiger partial charge in [0, 0.05) is 0 Å². The van der Waals surface area contributed by atoms with E-state index < -0.39 is 14.6 Å². The molecule has 0 aromatic heterocycles.